The van der Waals surface area contributed by atoms with Crippen molar-refractivity contribution in [2.24, 2.45) is 17.1 Å². The topological polar surface area (TPSA) is 84.7 Å². The molecular formula is C16H30ClN3O3. The van der Waals surface area contributed by atoms with E-state index >= 15 is 0 Å². The van der Waals surface area contributed by atoms with E-state index in [0.717, 1.165) is 45.1 Å². The summed E-state index contributed by atoms with van der Waals surface area (Å²) in [6, 6.07) is 0. The van der Waals surface area contributed by atoms with E-state index < -0.39 is 0 Å². The van der Waals surface area contributed by atoms with Crippen molar-refractivity contribution < 1.29 is 14.3 Å². The summed E-state index contributed by atoms with van der Waals surface area (Å²) in [6.45, 7) is 2.89. The quantitative estimate of drug-likeness (QED) is 0.717. The largest absolute Gasteiger partial charge is 0.385 e. The zero-order chi connectivity index (χ0) is 16.0. The molecule has 0 radical (unpaired) electrons. The van der Waals surface area contributed by atoms with Crippen LogP contribution in [0.25, 0.3) is 0 Å². The Morgan fingerprint density at radius 1 is 1.35 bits per heavy atom. The van der Waals surface area contributed by atoms with E-state index in [4.69, 9.17) is 10.5 Å². The number of carbonyl (C=O) groups is 2. The zero-order valence-electron chi connectivity index (χ0n) is 14.0. The number of halogens is 1. The van der Waals surface area contributed by atoms with Gasteiger partial charge in [-0.1, -0.05) is 6.42 Å². The van der Waals surface area contributed by atoms with Crippen molar-refractivity contribution in [3.8, 4) is 0 Å². The number of rotatable bonds is 7. The molecule has 1 aliphatic carbocycles. The monoisotopic (exact) mass is 347 g/mol. The highest BCUT2D eigenvalue weighted by Gasteiger charge is 2.46. The lowest BCUT2D eigenvalue weighted by atomic mass is 9.65. The third-order valence-electron chi connectivity index (χ3n) is 5.07. The summed E-state index contributed by atoms with van der Waals surface area (Å²) in [5.74, 6) is 0.165. The van der Waals surface area contributed by atoms with Crippen molar-refractivity contribution >= 4 is 24.2 Å². The van der Waals surface area contributed by atoms with E-state index in [1.54, 1.807) is 7.11 Å². The zero-order valence-corrected chi connectivity index (χ0v) is 14.8. The number of carbonyl (C=O) groups excluding carboxylic acids is 2. The third-order valence-corrected chi connectivity index (χ3v) is 5.07. The Labute approximate surface area is 144 Å². The van der Waals surface area contributed by atoms with Crippen LogP contribution >= 0.6 is 12.4 Å². The molecule has 0 aromatic carbocycles. The molecule has 1 aliphatic heterocycles. The minimum absolute atomic E-state index is 0. The second-order valence-corrected chi connectivity index (χ2v) is 6.55. The lowest BCUT2D eigenvalue weighted by Gasteiger charge is -2.45. The van der Waals surface area contributed by atoms with E-state index in [2.05, 4.69) is 5.32 Å². The van der Waals surface area contributed by atoms with E-state index in [9.17, 15) is 9.59 Å². The predicted octanol–water partition coefficient (Wildman–Crippen LogP) is 0.929. The van der Waals surface area contributed by atoms with Gasteiger partial charge in [-0.2, -0.15) is 0 Å². The van der Waals surface area contributed by atoms with Gasteiger partial charge in [-0.25, -0.2) is 0 Å². The van der Waals surface area contributed by atoms with Gasteiger partial charge in [0.2, 0.25) is 11.8 Å². The van der Waals surface area contributed by atoms with Crippen molar-refractivity contribution in [2.45, 2.75) is 38.5 Å². The first-order chi connectivity index (χ1) is 10.6. The van der Waals surface area contributed by atoms with Crippen LogP contribution in [0.3, 0.4) is 0 Å². The van der Waals surface area contributed by atoms with Gasteiger partial charge in [0.25, 0.3) is 0 Å². The molecule has 134 valence electrons. The molecule has 1 heterocycles. The Bertz CT molecular complexity index is 402. The number of likely N-dealkylation sites (tertiary alicyclic amines) is 1. The molecule has 7 heteroatoms. The highest BCUT2D eigenvalue weighted by Crippen LogP contribution is 2.46. The number of ether oxygens (including phenoxy) is 1. The van der Waals surface area contributed by atoms with Crippen LogP contribution in [0.15, 0.2) is 0 Å². The van der Waals surface area contributed by atoms with Gasteiger partial charge >= 0.3 is 0 Å². The van der Waals surface area contributed by atoms with Crippen molar-refractivity contribution in [1.82, 2.24) is 10.2 Å². The van der Waals surface area contributed by atoms with Crippen LogP contribution in [0.5, 0.6) is 0 Å². The second-order valence-electron chi connectivity index (χ2n) is 6.55. The maximum absolute atomic E-state index is 12.9. The third kappa shape index (κ3) is 4.81. The molecule has 2 amide bonds. The summed E-state index contributed by atoms with van der Waals surface area (Å²) in [6.07, 6.45) is 5.57. The molecule has 2 rings (SSSR count). The average molecular weight is 348 g/mol. The molecular weight excluding hydrogens is 318 g/mol. The number of methoxy groups -OCH3 is 1. The van der Waals surface area contributed by atoms with Gasteiger partial charge in [0.1, 0.15) is 0 Å². The molecule has 0 spiro atoms. The number of hydrogen-bond acceptors (Lipinski definition) is 4. The number of nitrogens with two attached hydrogens (primary N) is 1. The maximum Gasteiger partial charge on any atom is 0.228 e. The van der Waals surface area contributed by atoms with Gasteiger partial charge < -0.3 is 20.7 Å². The molecule has 1 saturated carbocycles. The number of hydrogen-bond donors (Lipinski definition) is 2. The van der Waals surface area contributed by atoms with Gasteiger partial charge in [-0.3, -0.25) is 9.59 Å². The summed E-state index contributed by atoms with van der Waals surface area (Å²) in [5, 5.41) is 2.84. The summed E-state index contributed by atoms with van der Waals surface area (Å²) < 4.78 is 5.17. The van der Waals surface area contributed by atoms with Gasteiger partial charge in [-0.15, -0.1) is 12.4 Å². The Hall–Kier alpha value is -0.850. The molecule has 1 atom stereocenters. The molecule has 0 aromatic heterocycles. The normalized spacial score (nSPS) is 22.7. The molecule has 2 aliphatic rings. The number of nitrogens with one attached hydrogen (secondary N) is 1. The number of amides is 2. The fourth-order valence-corrected chi connectivity index (χ4v) is 3.52. The van der Waals surface area contributed by atoms with Crippen LogP contribution in [-0.4, -0.2) is 56.6 Å². The predicted molar refractivity (Wildman–Crippen MR) is 91.4 cm³/mol. The molecule has 1 saturated heterocycles. The Morgan fingerprint density at radius 3 is 2.65 bits per heavy atom. The van der Waals surface area contributed by atoms with Crippen LogP contribution in [0.1, 0.15) is 38.5 Å². The standard InChI is InChI=1S/C16H29N3O3.ClH/c1-22-11-7-16(5-3-6-16)15(21)19-10-2-4-13(12-19)14(20)18-9-8-17;/h13H,2-12,17H2,1H3,(H,18,20);1H. The van der Waals surface area contributed by atoms with Gasteiger partial charge in [-0.05, 0) is 32.1 Å². The molecule has 23 heavy (non-hydrogen) atoms. The molecule has 1 unspecified atom stereocenters. The molecule has 0 aromatic rings. The highest BCUT2D eigenvalue weighted by atomic mass is 35.5. The average Bonchev–Trinajstić information content (AvgIpc) is 2.51. The first-order valence-corrected chi connectivity index (χ1v) is 8.39. The van der Waals surface area contributed by atoms with E-state index in [0.29, 0.717) is 26.2 Å². The van der Waals surface area contributed by atoms with E-state index in [1.165, 1.54) is 0 Å². The molecule has 2 fully saturated rings. The van der Waals surface area contributed by atoms with Crippen molar-refractivity contribution in [3.05, 3.63) is 0 Å². The Kier molecular flexibility index (Phi) is 8.29. The van der Waals surface area contributed by atoms with Crippen LogP contribution in [0.2, 0.25) is 0 Å². The lowest BCUT2D eigenvalue weighted by molar-refractivity contribution is -0.151. The fourth-order valence-electron chi connectivity index (χ4n) is 3.52. The van der Waals surface area contributed by atoms with Crippen molar-refractivity contribution in [2.75, 3.05) is 39.9 Å². The van der Waals surface area contributed by atoms with Gasteiger partial charge in [0.05, 0.1) is 11.3 Å². The molecule has 3 N–H and O–H groups in total. The second kappa shape index (κ2) is 9.45. The van der Waals surface area contributed by atoms with Crippen LogP contribution < -0.4 is 11.1 Å². The SMILES string of the molecule is COCCC1(C(=O)N2CCCC(C(=O)NCCN)C2)CCC1.Cl. The molecule has 0 bridgehead atoms. The summed E-state index contributed by atoms with van der Waals surface area (Å²) in [7, 11) is 1.68. The van der Waals surface area contributed by atoms with Gasteiger partial charge in [0, 0.05) is 39.9 Å². The summed E-state index contributed by atoms with van der Waals surface area (Å²) in [4.78, 5) is 26.9. The highest BCUT2D eigenvalue weighted by molar-refractivity contribution is 5.85. The van der Waals surface area contributed by atoms with Crippen molar-refractivity contribution in [3.63, 3.8) is 0 Å². The van der Waals surface area contributed by atoms with Gasteiger partial charge in [0.15, 0.2) is 0 Å². The summed E-state index contributed by atoms with van der Waals surface area (Å²) >= 11 is 0. The van der Waals surface area contributed by atoms with Crippen LogP contribution in [0, 0.1) is 11.3 Å². The van der Waals surface area contributed by atoms with Crippen LogP contribution in [0.4, 0.5) is 0 Å². The minimum Gasteiger partial charge on any atom is -0.385 e. The lowest BCUT2D eigenvalue weighted by Crippen LogP contribution is -2.53. The first-order valence-electron chi connectivity index (χ1n) is 8.39. The molecule has 6 nitrogen and oxygen atoms in total. The number of nitrogens with zero attached hydrogens (tertiary/aromatic N) is 1. The first kappa shape index (κ1) is 20.2. The van der Waals surface area contributed by atoms with E-state index in [-0.39, 0.29) is 35.6 Å². The Morgan fingerprint density at radius 2 is 2.09 bits per heavy atom. The minimum atomic E-state index is -0.231. The smallest absolute Gasteiger partial charge is 0.228 e. The summed E-state index contributed by atoms with van der Waals surface area (Å²) in [5.41, 5.74) is 5.19. The fraction of sp³-hybridized carbons (Fsp3) is 0.875. The van der Waals surface area contributed by atoms with Crippen LogP contribution in [-0.2, 0) is 14.3 Å². The Balaban J connectivity index is 0.00000264. The van der Waals surface area contributed by atoms with Crippen molar-refractivity contribution in [1.29, 1.82) is 0 Å². The van der Waals surface area contributed by atoms with E-state index in [1.807, 2.05) is 4.90 Å². The maximum atomic E-state index is 12.9. The number of piperidine rings is 1.